The van der Waals surface area contributed by atoms with Crippen LogP contribution < -0.4 is 15.2 Å². The number of hydrogen-bond acceptors (Lipinski definition) is 3. The van der Waals surface area contributed by atoms with Gasteiger partial charge >= 0.3 is 0 Å². The highest BCUT2D eigenvalue weighted by Gasteiger charge is 2.12. The van der Waals surface area contributed by atoms with E-state index in [1.807, 2.05) is 37.3 Å². The zero-order valence-corrected chi connectivity index (χ0v) is 10.4. The van der Waals surface area contributed by atoms with Gasteiger partial charge in [0.2, 0.25) is 0 Å². The Morgan fingerprint density at radius 3 is 2.35 bits per heavy atom. The molecule has 0 saturated heterocycles. The second-order valence-electron chi connectivity index (χ2n) is 4.06. The largest absolute Gasteiger partial charge is 0.497 e. The Hall–Kier alpha value is -1.74. The van der Waals surface area contributed by atoms with Gasteiger partial charge in [0.15, 0.2) is 0 Å². The monoisotopic (exact) mass is 231 g/mol. The lowest BCUT2D eigenvalue weighted by atomic mass is 9.98. The highest BCUT2D eigenvalue weighted by Crippen LogP contribution is 2.33. The molecule has 0 aliphatic carbocycles. The first kappa shape index (κ1) is 11.7. The van der Waals surface area contributed by atoms with Crippen molar-refractivity contribution in [2.45, 2.75) is 13.0 Å². The van der Waals surface area contributed by atoms with Crippen LogP contribution in [0.3, 0.4) is 0 Å². The van der Waals surface area contributed by atoms with Crippen molar-refractivity contribution in [2.24, 2.45) is 5.73 Å². The lowest BCUT2D eigenvalue weighted by molar-refractivity contribution is 0.407. The summed E-state index contributed by atoms with van der Waals surface area (Å²) in [5, 5.41) is 2.22. The fourth-order valence-corrected chi connectivity index (χ4v) is 2.08. The molecule has 0 saturated carbocycles. The van der Waals surface area contributed by atoms with Crippen molar-refractivity contribution in [1.82, 2.24) is 0 Å². The third kappa shape index (κ3) is 2.06. The van der Waals surface area contributed by atoms with Crippen molar-refractivity contribution in [1.29, 1.82) is 0 Å². The highest BCUT2D eigenvalue weighted by atomic mass is 16.5. The molecule has 0 aromatic heterocycles. The molecule has 0 radical (unpaired) electrons. The van der Waals surface area contributed by atoms with Gasteiger partial charge in [0.05, 0.1) is 14.2 Å². The molecule has 0 aliphatic rings. The first-order chi connectivity index (χ1) is 8.17. The molecule has 0 heterocycles. The number of rotatable bonds is 3. The molecule has 2 N–H and O–H groups in total. The van der Waals surface area contributed by atoms with Gasteiger partial charge < -0.3 is 15.2 Å². The molecular formula is C14H17NO2. The Bertz CT molecular complexity index is 530. The first-order valence-electron chi connectivity index (χ1n) is 5.57. The molecule has 1 atom stereocenters. The summed E-state index contributed by atoms with van der Waals surface area (Å²) in [5.74, 6) is 1.65. The van der Waals surface area contributed by atoms with E-state index in [4.69, 9.17) is 15.2 Å². The number of hydrogen-bond donors (Lipinski definition) is 1. The molecular weight excluding hydrogens is 214 g/mol. The van der Waals surface area contributed by atoms with Gasteiger partial charge in [0.25, 0.3) is 0 Å². The van der Waals surface area contributed by atoms with Crippen LogP contribution in [0.1, 0.15) is 18.5 Å². The van der Waals surface area contributed by atoms with E-state index in [1.54, 1.807) is 14.2 Å². The first-order valence-corrected chi connectivity index (χ1v) is 5.57. The Labute approximate surface area is 101 Å². The van der Waals surface area contributed by atoms with Gasteiger partial charge in [-0.15, -0.1) is 0 Å². The minimum absolute atomic E-state index is 0.0826. The third-order valence-corrected chi connectivity index (χ3v) is 2.91. The van der Waals surface area contributed by atoms with Crippen molar-refractivity contribution in [3.05, 3.63) is 35.9 Å². The number of ether oxygens (including phenoxy) is 2. The van der Waals surface area contributed by atoms with Crippen LogP contribution in [-0.2, 0) is 0 Å². The van der Waals surface area contributed by atoms with E-state index < -0.39 is 0 Å². The van der Waals surface area contributed by atoms with E-state index >= 15 is 0 Å². The average molecular weight is 231 g/mol. The van der Waals surface area contributed by atoms with E-state index in [1.165, 1.54) is 0 Å². The van der Waals surface area contributed by atoms with Crippen LogP contribution in [0.5, 0.6) is 11.5 Å². The summed E-state index contributed by atoms with van der Waals surface area (Å²) in [4.78, 5) is 0. The maximum atomic E-state index is 6.03. The molecule has 3 nitrogen and oxygen atoms in total. The van der Waals surface area contributed by atoms with Crippen LogP contribution in [0, 0.1) is 0 Å². The van der Waals surface area contributed by atoms with E-state index in [0.29, 0.717) is 0 Å². The summed E-state index contributed by atoms with van der Waals surface area (Å²) in [5.41, 5.74) is 7.04. The predicted molar refractivity (Wildman–Crippen MR) is 69.7 cm³/mol. The minimum atomic E-state index is -0.0826. The molecule has 1 unspecified atom stereocenters. The molecule has 2 aromatic carbocycles. The third-order valence-electron chi connectivity index (χ3n) is 2.91. The lowest BCUT2D eigenvalue weighted by Gasteiger charge is -2.15. The van der Waals surface area contributed by atoms with Crippen LogP contribution >= 0.6 is 0 Å². The Morgan fingerprint density at radius 2 is 1.76 bits per heavy atom. The predicted octanol–water partition coefficient (Wildman–Crippen LogP) is 2.88. The lowest BCUT2D eigenvalue weighted by Crippen LogP contribution is -2.07. The van der Waals surface area contributed by atoms with Crippen LogP contribution in [0.25, 0.3) is 10.8 Å². The van der Waals surface area contributed by atoms with Crippen LogP contribution in [-0.4, -0.2) is 14.2 Å². The van der Waals surface area contributed by atoms with Gasteiger partial charge in [-0.05, 0) is 35.9 Å². The normalized spacial score (nSPS) is 12.5. The minimum Gasteiger partial charge on any atom is -0.497 e. The molecule has 0 fully saturated rings. The van der Waals surface area contributed by atoms with Crippen molar-refractivity contribution in [3.63, 3.8) is 0 Å². The van der Waals surface area contributed by atoms with E-state index in [9.17, 15) is 0 Å². The fraction of sp³-hybridized carbons (Fsp3) is 0.286. The van der Waals surface area contributed by atoms with Gasteiger partial charge in [-0.25, -0.2) is 0 Å². The molecule has 2 aromatic rings. The average Bonchev–Trinajstić information content (AvgIpc) is 2.36. The van der Waals surface area contributed by atoms with Gasteiger partial charge in [-0.2, -0.15) is 0 Å². The van der Waals surface area contributed by atoms with Crippen molar-refractivity contribution in [2.75, 3.05) is 14.2 Å². The quantitative estimate of drug-likeness (QED) is 0.883. The van der Waals surface area contributed by atoms with E-state index in [-0.39, 0.29) is 6.04 Å². The number of nitrogens with two attached hydrogens (primary N) is 1. The molecule has 3 heteroatoms. The zero-order valence-electron chi connectivity index (χ0n) is 10.4. The van der Waals surface area contributed by atoms with Crippen molar-refractivity contribution < 1.29 is 9.47 Å². The van der Waals surface area contributed by atoms with Crippen LogP contribution in [0.4, 0.5) is 0 Å². The van der Waals surface area contributed by atoms with E-state index in [0.717, 1.165) is 27.8 Å². The van der Waals surface area contributed by atoms with Crippen LogP contribution in [0.15, 0.2) is 30.3 Å². The molecule has 90 valence electrons. The Balaban J connectivity index is 2.76. The number of benzene rings is 2. The van der Waals surface area contributed by atoms with Crippen molar-refractivity contribution >= 4 is 10.8 Å². The maximum absolute atomic E-state index is 6.03. The molecule has 0 spiro atoms. The van der Waals surface area contributed by atoms with Crippen molar-refractivity contribution in [3.8, 4) is 11.5 Å². The SMILES string of the molecule is COc1ccc2ccc(OC)c(C(C)N)c2c1. The Morgan fingerprint density at radius 1 is 1.06 bits per heavy atom. The smallest absolute Gasteiger partial charge is 0.124 e. The van der Waals surface area contributed by atoms with Gasteiger partial charge in [0.1, 0.15) is 11.5 Å². The maximum Gasteiger partial charge on any atom is 0.124 e. The van der Waals surface area contributed by atoms with E-state index in [2.05, 4.69) is 0 Å². The van der Waals surface area contributed by atoms with Gasteiger partial charge in [-0.1, -0.05) is 12.1 Å². The molecule has 17 heavy (non-hydrogen) atoms. The number of fused-ring (bicyclic) bond motifs is 1. The summed E-state index contributed by atoms with van der Waals surface area (Å²) in [6.45, 7) is 1.96. The fourth-order valence-electron chi connectivity index (χ4n) is 2.08. The standard InChI is InChI=1S/C14H17NO2/c1-9(15)14-12-8-11(16-2)6-4-10(12)5-7-13(14)17-3/h4-9H,15H2,1-3H3. The zero-order chi connectivity index (χ0) is 12.4. The molecule has 2 rings (SSSR count). The topological polar surface area (TPSA) is 44.5 Å². The summed E-state index contributed by atoms with van der Waals surface area (Å²) < 4.78 is 10.6. The van der Waals surface area contributed by atoms with Gasteiger partial charge in [-0.3, -0.25) is 0 Å². The molecule has 0 amide bonds. The summed E-state index contributed by atoms with van der Waals surface area (Å²) in [6.07, 6.45) is 0. The van der Waals surface area contributed by atoms with Gasteiger partial charge in [0, 0.05) is 11.6 Å². The highest BCUT2D eigenvalue weighted by molar-refractivity contribution is 5.89. The second kappa shape index (κ2) is 4.63. The summed E-state index contributed by atoms with van der Waals surface area (Å²) >= 11 is 0. The summed E-state index contributed by atoms with van der Waals surface area (Å²) in [6, 6.07) is 9.86. The summed E-state index contributed by atoms with van der Waals surface area (Å²) in [7, 11) is 3.32. The second-order valence-corrected chi connectivity index (χ2v) is 4.06. The Kier molecular flexibility index (Phi) is 3.20. The molecule has 0 bridgehead atoms. The van der Waals surface area contributed by atoms with Crippen LogP contribution in [0.2, 0.25) is 0 Å². The number of methoxy groups -OCH3 is 2. The molecule has 0 aliphatic heterocycles.